The third kappa shape index (κ3) is 3.08. The molecule has 1 amide bonds. The Hall–Kier alpha value is -0.950. The number of carbonyl (C=O) groups is 1. The summed E-state index contributed by atoms with van der Waals surface area (Å²) < 4.78 is 1.80. The highest BCUT2D eigenvalue weighted by Crippen LogP contribution is 2.21. The van der Waals surface area contributed by atoms with Gasteiger partial charge >= 0.3 is 0 Å². The first kappa shape index (κ1) is 13.5. The number of benzene rings is 1. The topological polar surface area (TPSA) is 42.0 Å². The molecule has 0 fully saturated rings. The van der Waals surface area contributed by atoms with Gasteiger partial charge in [0.15, 0.2) is 0 Å². The Labute approximate surface area is 127 Å². The molecular formula is C13H10BrIN2O. The Morgan fingerprint density at radius 2 is 2.17 bits per heavy atom. The molecule has 2 aromatic rings. The fraction of sp³-hybridized carbons (Fsp3) is 0.0769. The first-order valence-corrected chi connectivity index (χ1v) is 7.12. The molecule has 0 radical (unpaired) electrons. The van der Waals surface area contributed by atoms with Crippen molar-refractivity contribution >= 4 is 50.1 Å². The van der Waals surface area contributed by atoms with Gasteiger partial charge in [0.05, 0.1) is 17.4 Å². The highest BCUT2D eigenvalue weighted by Gasteiger charge is 2.11. The zero-order valence-electron chi connectivity index (χ0n) is 9.58. The number of rotatable bonds is 2. The summed E-state index contributed by atoms with van der Waals surface area (Å²) >= 11 is 5.56. The monoisotopic (exact) mass is 416 g/mol. The number of hydrogen-bond donors (Lipinski definition) is 1. The van der Waals surface area contributed by atoms with Gasteiger partial charge < -0.3 is 5.32 Å². The van der Waals surface area contributed by atoms with E-state index in [9.17, 15) is 4.79 Å². The van der Waals surface area contributed by atoms with Gasteiger partial charge in [0.25, 0.3) is 5.91 Å². The Morgan fingerprint density at radius 1 is 1.39 bits per heavy atom. The minimum atomic E-state index is -0.142. The molecular weight excluding hydrogens is 407 g/mol. The molecule has 18 heavy (non-hydrogen) atoms. The third-order valence-electron chi connectivity index (χ3n) is 2.46. The summed E-state index contributed by atoms with van der Waals surface area (Å²) in [5, 5.41) is 2.86. The average molecular weight is 417 g/mol. The standard InChI is InChI=1S/C13H10BrIN2O/c1-8-4-5-16-7-12(8)17-13(18)10-6-9(15)2-3-11(10)14/h2-7H,1H3,(H,17,18). The fourth-order valence-electron chi connectivity index (χ4n) is 1.46. The lowest BCUT2D eigenvalue weighted by atomic mass is 10.2. The molecule has 0 unspecified atom stereocenters. The van der Waals surface area contributed by atoms with Crippen molar-refractivity contribution in [1.82, 2.24) is 4.98 Å². The summed E-state index contributed by atoms with van der Waals surface area (Å²) in [6.07, 6.45) is 3.35. The summed E-state index contributed by atoms with van der Waals surface area (Å²) in [4.78, 5) is 16.2. The average Bonchev–Trinajstić information content (AvgIpc) is 2.35. The van der Waals surface area contributed by atoms with Gasteiger partial charge in [-0.15, -0.1) is 0 Å². The Bertz CT molecular complexity index is 601. The minimum absolute atomic E-state index is 0.142. The maximum absolute atomic E-state index is 12.2. The van der Waals surface area contributed by atoms with Gasteiger partial charge in [-0.1, -0.05) is 0 Å². The maximum atomic E-state index is 12.2. The molecule has 0 saturated heterocycles. The number of amides is 1. The molecule has 1 aromatic heterocycles. The van der Waals surface area contributed by atoms with E-state index in [4.69, 9.17) is 0 Å². The van der Waals surface area contributed by atoms with Crippen LogP contribution in [-0.2, 0) is 0 Å². The van der Waals surface area contributed by atoms with Gasteiger partial charge in [0.1, 0.15) is 0 Å². The second-order valence-corrected chi connectivity index (χ2v) is 5.87. The molecule has 0 aliphatic rings. The molecule has 0 saturated carbocycles. The van der Waals surface area contributed by atoms with Crippen LogP contribution >= 0.6 is 38.5 Å². The number of aromatic nitrogens is 1. The quantitative estimate of drug-likeness (QED) is 0.751. The lowest BCUT2D eigenvalue weighted by molar-refractivity contribution is 0.102. The van der Waals surface area contributed by atoms with Gasteiger partial charge in [-0.3, -0.25) is 9.78 Å². The highest BCUT2D eigenvalue weighted by atomic mass is 127. The molecule has 0 aliphatic carbocycles. The van der Waals surface area contributed by atoms with E-state index in [0.717, 1.165) is 19.3 Å². The van der Waals surface area contributed by atoms with Gasteiger partial charge in [-0.2, -0.15) is 0 Å². The van der Waals surface area contributed by atoms with E-state index in [1.54, 1.807) is 12.4 Å². The first-order valence-electron chi connectivity index (χ1n) is 5.25. The van der Waals surface area contributed by atoms with Crippen LogP contribution in [0.2, 0.25) is 0 Å². The van der Waals surface area contributed by atoms with Crippen molar-refractivity contribution in [2.75, 3.05) is 5.32 Å². The first-order chi connectivity index (χ1) is 8.58. The lowest BCUT2D eigenvalue weighted by Crippen LogP contribution is -2.13. The Balaban J connectivity index is 2.28. The van der Waals surface area contributed by atoms with Gasteiger partial charge in [0, 0.05) is 14.2 Å². The summed E-state index contributed by atoms with van der Waals surface area (Å²) in [6, 6.07) is 7.51. The summed E-state index contributed by atoms with van der Waals surface area (Å²) in [7, 11) is 0. The molecule has 0 bridgehead atoms. The normalized spacial score (nSPS) is 10.2. The second-order valence-electron chi connectivity index (χ2n) is 3.77. The number of pyridine rings is 1. The lowest BCUT2D eigenvalue weighted by Gasteiger charge is -2.09. The van der Waals surface area contributed by atoms with Crippen molar-refractivity contribution in [1.29, 1.82) is 0 Å². The van der Waals surface area contributed by atoms with Gasteiger partial charge in [-0.25, -0.2) is 0 Å². The number of hydrogen-bond acceptors (Lipinski definition) is 2. The zero-order valence-corrected chi connectivity index (χ0v) is 13.3. The molecule has 92 valence electrons. The Morgan fingerprint density at radius 3 is 2.89 bits per heavy atom. The number of anilines is 1. The van der Waals surface area contributed by atoms with Crippen molar-refractivity contribution in [3.8, 4) is 0 Å². The van der Waals surface area contributed by atoms with Crippen molar-refractivity contribution in [2.45, 2.75) is 6.92 Å². The second kappa shape index (κ2) is 5.79. The van der Waals surface area contributed by atoms with Crippen LogP contribution in [0.1, 0.15) is 15.9 Å². The number of carbonyl (C=O) groups excluding carboxylic acids is 1. The highest BCUT2D eigenvalue weighted by molar-refractivity contribution is 14.1. The fourth-order valence-corrected chi connectivity index (χ4v) is 2.37. The van der Waals surface area contributed by atoms with Crippen molar-refractivity contribution < 1.29 is 4.79 Å². The van der Waals surface area contributed by atoms with Crippen LogP contribution in [0, 0.1) is 10.5 Å². The molecule has 0 spiro atoms. The van der Waals surface area contributed by atoms with Crippen LogP contribution < -0.4 is 5.32 Å². The van der Waals surface area contributed by atoms with Crippen LogP contribution in [-0.4, -0.2) is 10.9 Å². The van der Waals surface area contributed by atoms with Crippen LogP contribution in [0.15, 0.2) is 41.1 Å². The van der Waals surface area contributed by atoms with Crippen LogP contribution in [0.3, 0.4) is 0 Å². The number of halogens is 2. The smallest absolute Gasteiger partial charge is 0.256 e. The minimum Gasteiger partial charge on any atom is -0.320 e. The number of aryl methyl sites for hydroxylation is 1. The van der Waals surface area contributed by atoms with E-state index in [0.29, 0.717) is 5.56 Å². The largest absolute Gasteiger partial charge is 0.320 e. The number of nitrogens with one attached hydrogen (secondary N) is 1. The molecule has 1 aromatic carbocycles. The molecule has 3 nitrogen and oxygen atoms in total. The van der Waals surface area contributed by atoms with Crippen LogP contribution in [0.4, 0.5) is 5.69 Å². The predicted octanol–water partition coefficient (Wildman–Crippen LogP) is 4.01. The Kier molecular flexibility index (Phi) is 4.34. The molecule has 0 atom stereocenters. The predicted molar refractivity (Wildman–Crippen MR) is 83.8 cm³/mol. The summed E-state index contributed by atoms with van der Waals surface area (Å²) in [5.74, 6) is -0.142. The van der Waals surface area contributed by atoms with Crippen molar-refractivity contribution in [3.05, 3.63) is 55.8 Å². The van der Waals surface area contributed by atoms with E-state index in [2.05, 4.69) is 48.8 Å². The summed E-state index contributed by atoms with van der Waals surface area (Å²) in [5.41, 5.74) is 2.33. The van der Waals surface area contributed by atoms with E-state index in [1.165, 1.54) is 0 Å². The van der Waals surface area contributed by atoms with E-state index in [1.807, 2.05) is 31.2 Å². The van der Waals surface area contributed by atoms with Crippen molar-refractivity contribution in [3.63, 3.8) is 0 Å². The molecule has 1 heterocycles. The molecule has 0 aliphatic heterocycles. The van der Waals surface area contributed by atoms with E-state index < -0.39 is 0 Å². The van der Waals surface area contributed by atoms with Gasteiger partial charge in [0.2, 0.25) is 0 Å². The van der Waals surface area contributed by atoms with Crippen LogP contribution in [0.25, 0.3) is 0 Å². The van der Waals surface area contributed by atoms with E-state index >= 15 is 0 Å². The zero-order chi connectivity index (χ0) is 13.1. The molecule has 5 heteroatoms. The molecule has 1 N–H and O–H groups in total. The van der Waals surface area contributed by atoms with Crippen LogP contribution in [0.5, 0.6) is 0 Å². The van der Waals surface area contributed by atoms with Crippen molar-refractivity contribution in [2.24, 2.45) is 0 Å². The van der Waals surface area contributed by atoms with Gasteiger partial charge in [-0.05, 0) is 75.3 Å². The number of nitrogens with zero attached hydrogens (tertiary/aromatic N) is 1. The van der Waals surface area contributed by atoms with E-state index in [-0.39, 0.29) is 5.91 Å². The SMILES string of the molecule is Cc1ccncc1NC(=O)c1cc(I)ccc1Br. The third-order valence-corrected chi connectivity index (χ3v) is 3.82. The maximum Gasteiger partial charge on any atom is 0.256 e. The summed E-state index contributed by atoms with van der Waals surface area (Å²) in [6.45, 7) is 1.93. The molecule has 2 rings (SSSR count).